The number of rotatable bonds is 7. The van der Waals surface area contributed by atoms with Crippen molar-refractivity contribution in [2.24, 2.45) is 0 Å². The molecule has 1 aliphatic rings. The summed E-state index contributed by atoms with van der Waals surface area (Å²) in [5, 5.41) is 13.1. The van der Waals surface area contributed by atoms with Gasteiger partial charge in [0.2, 0.25) is 0 Å². The predicted molar refractivity (Wildman–Crippen MR) is 129 cm³/mol. The molecule has 4 rings (SSSR count). The van der Waals surface area contributed by atoms with Crippen molar-refractivity contribution >= 4 is 34.6 Å². The molecule has 0 saturated heterocycles. The number of aromatic nitrogens is 2. The van der Waals surface area contributed by atoms with Crippen molar-refractivity contribution in [2.45, 2.75) is 52.1 Å². The second kappa shape index (κ2) is 10.1. The number of nitrogens with zero attached hydrogens (tertiary/aromatic N) is 3. The maximum atomic E-state index is 12.7. The first-order valence-electron chi connectivity index (χ1n) is 11.6. The van der Waals surface area contributed by atoms with Crippen LogP contribution < -0.4 is 5.32 Å². The number of benzene rings is 1. The van der Waals surface area contributed by atoms with Crippen molar-refractivity contribution in [3.63, 3.8) is 0 Å². The van der Waals surface area contributed by atoms with Crippen LogP contribution >= 0.6 is 0 Å². The minimum atomic E-state index is -0.628. The highest BCUT2D eigenvalue weighted by molar-refractivity contribution is 6.04. The number of esters is 2. The minimum absolute atomic E-state index is 0.176. The van der Waals surface area contributed by atoms with Crippen LogP contribution in [0.15, 0.2) is 30.5 Å². The van der Waals surface area contributed by atoms with E-state index < -0.39 is 24.5 Å². The largest absolute Gasteiger partial charge is 0.465 e. The number of nitrogens with one attached hydrogen (secondary N) is 1. The lowest BCUT2D eigenvalue weighted by atomic mass is 10.2. The molecule has 1 fully saturated rings. The molecule has 0 radical (unpaired) electrons. The molecule has 182 valence electrons. The van der Waals surface area contributed by atoms with Crippen molar-refractivity contribution < 1.29 is 23.9 Å². The Morgan fingerprint density at radius 1 is 1.17 bits per heavy atom. The van der Waals surface area contributed by atoms with E-state index in [1.807, 2.05) is 18.4 Å². The Hall–Kier alpha value is -4.06. The highest BCUT2D eigenvalue weighted by atomic mass is 16.5. The minimum Gasteiger partial charge on any atom is -0.465 e. The summed E-state index contributed by atoms with van der Waals surface area (Å²) in [6, 6.07) is 9.59. The van der Waals surface area contributed by atoms with Crippen LogP contribution in [-0.4, -0.2) is 40.7 Å². The molecule has 35 heavy (non-hydrogen) atoms. The molecule has 1 amide bonds. The highest BCUT2D eigenvalue weighted by Gasteiger charge is 2.27. The van der Waals surface area contributed by atoms with Crippen LogP contribution in [0.5, 0.6) is 0 Å². The van der Waals surface area contributed by atoms with Crippen LogP contribution in [0.2, 0.25) is 0 Å². The molecular formula is C26H28N4O5. The van der Waals surface area contributed by atoms with E-state index in [0.717, 1.165) is 36.9 Å². The van der Waals surface area contributed by atoms with Gasteiger partial charge in [-0.1, -0.05) is 31.0 Å². The van der Waals surface area contributed by atoms with Crippen molar-refractivity contribution in [3.8, 4) is 6.07 Å². The van der Waals surface area contributed by atoms with E-state index in [1.165, 1.54) is 13.3 Å². The number of hydrogen-bond acceptors (Lipinski definition) is 6. The predicted octanol–water partition coefficient (Wildman–Crippen LogP) is 4.01. The third-order valence-corrected chi connectivity index (χ3v) is 6.67. The number of para-hydroxylation sites is 1. The SMILES string of the molecule is COC(=O)c1cn(CC(=O)OCC(=O)Nc2c(C#N)c(C)c(C)n2C2CCCC2)c2ccccc12. The number of carbonyl (C=O) groups excluding carboxylic acids is 3. The first-order chi connectivity index (χ1) is 16.8. The number of amides is 1. The Bertz CT molecular complexity index is 1340. The van der Waals surface area contributed by atoms with Gasteiger partial charge in [-0.15, -0.1) is 0 Å². The van der Waals surface area contributed by atoms with Gasteiger partial charge >= 0.3 is 11.9 Å². The van der Waals surface area contributed by atoms with Gasteiger partial charge in [-0.05, 0) is 38.3 Å². The van der Waals surface area contributed by atoms with Gasteiger partial charge in [0.25, 0.3) is 5.91 Å². The molecule has 1 saturated carbocycles. The molecular weight excluding hydrogens is 448 g/mol. The van der Waals surface area contributed by atoms with E-state index in [-0.39, 0.29) is 12.6 Å². The van der Waals surface area contributed by atoms with Gasteiger partial charge in [0.05, 0.1) is 18.2 Å². The van der Waals surface area contributed by atoms with Crippen molar-refractivity contribution in [1.29, 1.82) is 5.26 Å². The molecule has 1 aliphatic carbocycles. The topological polar surface area (TPSA) is 115 Å². The fraction of sp³-hybridized carbons (Fsp3) is 0.385. The van der Waals surface area contributed by atoms with E-state index >= 15 is 0 Å². The number of fused-ring (bicyclic) bond motifs is 1. The number of ether oxygens (including phenoxy) is 2. The summed E-state index contributed by atoms with van der Waals surface area (Å²) in [5.41, 5.74) is 3.25. The average Bonchev–Trinajstić information content (AvgIpc) is 3.56. The zero-order valence-electron chi connectivity index (χ0n) is 20.1. The number of methoxy groups -OCH3 is 1. The van der Waals surface area contributed by atoms with Crippen molar-refractivity contribution in [2.75, 3.05) is 19.0 Å². The first-order valence-corrected chi connectivity index (χ1v) is 11.6. The zero-order chi connectivity index (χ0) is 25.1. The smallest absolute Gasteiger partial charge is 0.340 e. The van der Waals surface area contributed by atoms with Gasteiger partial charge in [0.15, 0.2) is 6.61 Å². The first kappa shape index (κ1) is 24.1. The molecule has 2 heterocycles. The second-order valence-electron chi connectivity index (χ2n) is 8.74. The van der Waals surface area contributed by atoms with Gasteiger partial charge in [-0.25, -0.2) is 4.79 Å². The molecule has 2 aromatic heterocycles. The molecule has 0 aliphatic heterocycles. The van der Waals surface area contributed by atoms with Crippen LogP contribution in [0.1, 0.15) is 58.9 Å². The Balaban J connectivity index is 1.45. The Kier molecular flexibility index (Phi) is 6.92. The molecule has 3 aromatic rings. The standard InChI is InChI=1S/C26H28N4O5/c1-16-17(2)30(18-8-4-5-9-18)25(20(16)12-27)28-23(31)15-35-24(32)14-29-13-21(26(33)34-3)19-10-6-7-11-22(19)29/h6-7,10-11,13,18H,4-5,8-9,14-15H2,1-3H3,(H,28,31). The van der Waals surface area contributed by atoms with E-state index in [2.05, 4.69) is 11.4 Å². The molecule has 9 nitrogen and oxygen atoms in total. The van der Waals surface area contributed by atoms with E-state index in [9.17, 15) is 19.6 Å². The van der Waals surface area contributed by atoms with Crippen LogP contribution in [0.3, 0.4) is 0 Å². The lowest BCUT2D eigenvalue weighted by Crippen LogP contribution is -2.25. The van der Waals surface area contributed by atoms with Gasteiger partial charge in [-0.3, -0.25) is 9.59 Å². The molecule has 9 heteroatoms. The fourth-order valence-corrected chi connectivity index (χ4v) is 4.85. The summed E-state index contributed by atoms with van der Waals surface area (Å²) < 4.78 is 13.7. The second-order valence-corrected chi connectivity index (χ2v) is 8.74. The third-order valence-electron chi connectivity index (χ3n) is 6.67. The number of hydrogen-bond donors (Lipinski definition) is 1. The summed E-state index contributed by atoms with van der Waals surface area (Å²) in [5.74, 6) is -1.18. The number of carbonyl (C=O) groups is 3. The third kappa shape index (κ3) is 4.64. The monoisotopic (exact) mass is 476 g/mol. The van der Waals surface area contributed by atoms with Crippen LogP contribution in [-0.2, 0) is 25.6 Å². The van der Waals surface area contributed by atoms with Gasteiger partial charge in [-0.2, -0.15) is 5.26 Å². The number of nitriles is 1. The molecule has 0 bridgehead atoms. The maximum absolute atomic E-state index is 12.7. The molecule has 1 N–H and O–H groups in total. The summed E-state index contributed by atoms with van der Waals surface area (Å²) in [4.78, 5) is 37.3. The molecule has 0 atom stereocenters. The fourth-order valence-electron chi connectivity index (χ4n) is 4.85. The average molecular weight is 477 g/mol. The zero-order valence-corrected chi connectivity index (χ0v) is 20.1. The summed E-state index contributed by atoms with van der Waals surface area (Å²) in [6.07, 6.45) is 5.75. The van der Waals surface area contributed by atoms with Gasteiger partial charge < -0.3 is 23.9 Å². The highest BCUT2D eigenvalue weighted by Crippen LogP contribution is 2.37. The number of anilines is 1. The van der Waals surface area contributed by atoms with Crippen molar-refractivity contribution in [3.05, 3.63) is 52.8 Å². The van der Waals surface area contributed by atoms with Crippen LogP contribution in [0, 0.1) is 25.2 Å². The Morgan fingerprint density at radius 3 is 2.57 bits per heavy atom. The Labute approximate surface area is 203 Å². The van der Waals surface area contributed by atoms with E-state index in [0.29, 0.717) is 27.8 Å². The lowest BCUT2D eigenvalue weighted by molar-refractivity contribution is -0.147. The lowest BCUT2D eigenvalue weighted by Gasteiger charge is -2.19. The maximum Gasteiger partial charge on any atom is 0.340 e. The van der Waals surface area contributed by atoms with Crippen molar-refractivity contribution in [1.82, 2.24) is 9.13 Å². The van der Waals surface area contributed by atoms with Gasteiger partial charge in [0, 0.05) is 28.8 Å². The van der Waals surface area contributed by atoms with E-state index in [4.69, 9.17) is 9.47 Å². The normalized spacial score (nSPS) is 13.5. The summed E-state index contributed by atoms with van der Waals surface area (Å²) >= 11 is 0. The van der Waals surface area contributed by atoms with Crippen LogP contribution in [0.4, 0.5) is 5.82 Å². The molecule has 0 unspecified atom stereocenters. The Morgan fingerprint density at radius 2 is 1.89 bits per heavy atom. The van der Waals surface area contributed by atoms with E-state index in [1.54, 1.807) is 28.8 Å². The quantitative estimate of drug-likeness (QED) is 0.515. The molecule has 0 spiro atoms. The van der Waals surface area contributed by atoms with Crippen LogP contribution in [0.25, 0.3) is 10.9 Å². The summed E-state index contributed by atoms with van der Waals surface area (Å²) in [6.45, 7) is 3.17. The van der Waals surface area contributed by atoms with Gasteiger partial charge in [0.1, 0.15) is 18.4 Å². The molecule has 1 aromatic carbocycles. The summed E-state index contributed by atoms with van der Waals surface area (Å²) in [7, 11) is 1.30.